The lowest BCUT2D eigenvalue weighted by molar-refractivity contribution is 0.153. The molecule has 166 valence electrons. The lowest BCUT2D eigenvalue weighted by Gasteiger charge is -2.37. The Balaban J connectivity index is 1.42. The van der Waals surface area contributed by atoms with Crippen molar-refractivity contribution in [1.29, 1.82) is 0 Å². The summed E-state index contributed by atoms with van der Waals surface area (Å²) >= 11 is 0. The van der Waals surface area contributed by atoms with Gasteiger partial charge in [-0.3, -0.25) is 0 Å². The molecule has 2 aliphatic carbocycles. The third-order valence-corrected chi connectivity index (χ3v) is 7.82. The van der Waals surface area contributed by atoms with Gasteiger partial charge in [-0.1, -0.05) is 76.7 Å². The molecule has 0 radical (unpaired) electrons. The van der Waals surface area contributed by atoms with Crippen LogP contribution in [0.1, 0.15) is 115 Å². The van der Waals surface area contributed by atoms with Crippen molar-refractivity contribution in [1.82, 2.24) is 0 Å². The maximum absolute atomic E-state index is 14.3. The SMILES string of the molecule is CCCCCc1ccc(C#C[C@H]2CC[C@H]([C@H]3CC[C@H](CCCC)CC3)CC2)cc1F. The summed E-state index contributed by atoms with van der Waals surface area (Å²) < 4.78 is 14.3. The van der Waals surface area contributed by atoms with Crippen LogP contribution in [0, 0.1) is 41.3 Å². The zero-order chi connectivity index (χ0) is 21.2. The van der Waals surface area contributed by atoms with Gasteiger partial charge < -0.3 is 0 Å². The second-order valence-electron chi connectivity index (χ2n) is 10.1. The Morgan fingerprint density at radius 1 is 0.833 bits per heavy atom. The number of benzene rings is 1. The van der Waals surface area contributed by atoms with E-state index in [2.05, 4.69) is 25.7 Å². The lowest BCUT2D eigenvalue weighted by Crippen LogP contribution is -2.25. The average molecular weight is 411 g/mol. The maximum Gasteiger partial charge on any atom is 0.127 e. The van der Waals surface area contributed by atoms with Crippen LogP contribution in [0.25, 0.3) is 0 Å². The second-order valence-corrected chi connectivity index (χ2v) is 10.1. The molecular formula is C29H43F. The van der Waals surface area contributed by atoms with Gasteiger partial charge >= 0.3 is 0 Å². The van der Waals surface area contributed by atoms with Crippen molar-refractivity contribution in [2.75, 3.05) is 0 Å². The minimum Gasteiger partial charge on any atom is -0.207 e. The van der Waals surface area contributed by atoms with E-state index in [1.54, 1.807) is 6.07 Å². The first kappa shape index (κ1) is 23.4. The molecule has 0 saturated heterocycles. The molecule has 0 amide bonds. The molecule has 0 bridgehead atoms. The molecule has 0 heterocycles. The molecule has 2 aliphatic rings. The van der Waals surface area contributed by atoms with Gasteiger partial charge in [-0.15, -0.1) is 0 Å². The van der Waals surface area contributed by atoms with Gasteiger partial charge in [0.05, 0.1) is 0 Å². The molecule has 0 spiro atoms. The van der Waals surface area contributed by atoms with Crippen molar-refractivity contribution in [3.63, 3.8) is 0 Å². The quantitative estimate of drug-likeness (QED) is 0.297. The average Bonchev–Trinajstić information content (AvgIpc) is 2.78. The minimum absolute atomic E-state index is 0.0730. The molecule has 0 N–H and O–H groups in total. The standard InChI is InChI=1S/C29H43F/c1-3-5-7-9-28-21-16-25(22-29(28)30)11-10-24-14-19-27(20-15-24)26-17-12-23(13-18-26)8-6-4-2/h16,21-24,26-27H,3-9,12-15,17-20H2,1-2H3/t23-,24-,26-,27-. The fourth-order valence-electron chi connectivity index (χ4n) is 5.75. The highest BCUT2D eigenvalue weighted by Crippen LogP contribution is 2.42. The van der Waals surface area contributed by atoms with Crippen LogP contribution >= 0.6 is 0 Å². The molecule has 1 aromatic rings. The summed E-state index contributed by atoms with van der Waals surface area (Å²) in [7, 11) is 0. The van der Waals surface area contributed by atoms with E-state index in [9.17, 15) is 4.39 Å². The number of unbranched alkanes of at least 4 members (excludes halogenated alkanes) is 3. The van der Waals surface area contributed by atoms with E-state index in [0.29, 0.717) is 5.92 Å². The highest BCUT2D eigenvalue weighted by atomic mass is 19.1. The van der Waals surface area contributed by atoms with Crippen molar-refractivity contribution in [3.8, 4) is 11.8 Å². The van der Waals surface area contributed by atoms with Gasteiger partial charge in [0.2, 0.25) is 0 Å². The number of hydrogen-bond acceptors (Lipinski definition) is 0. The van der Waals surface area contributed by atoms with Crippen molar-refractivity contribution >= 4 is 0 Å². The van der Waals surface area contributed by atoms with Crippen molar-refractivity contribution in [2.45, 2.75) is 110 Å². The fraction of sp³-hybridized carbons (Fsp3) is 0.724. The van der Waals surface area contributed by atoms with E-state index in [4.69, 9.17) is 0 Å². The zero-order valence-electron chi connectivity index (χ0n) is 19.5. The van der Waals surface area contributed by atoms with Crippen LogP contribution in [0.4, 0.5) is 4.39 Å². The summed E-state index contributed by atoms with van der Waals surface area (Å²) in [5.41, 5.74) is 1.69. The second kappa shape index (κ2) is 12.5. The van der Waals surface area contributed by atoms with E-state index < -0.39 is 0 Å². The lowest BCUT2D eigenvalue weighted by atomic mass is 9.69. The first-order valence-electron chi connectivity index (χ1n) is 13.0. The van der Waals surface area contributed by atoms with E-state index in [-0.39, 0.29) is 5.82 Å². The molecule has 0 unspecified atom stereocenters. The molecular weight excluding hydrogens is 367 g/mol. The summed E-state index contributed by atoms with van der Waals surface area (Å²) in [4.78, 5) is 0. The maximum atomic E-state index is 14.3. The third kappa shape index (κ3) is 7.14. The summed E-state index contributed by atoms with van der Waals surface area (Å²) in [6, 6.07) is 5.61. The molecule has 0 aromatic heterocycles. The van der Waals surface area contributed by atoms with Crippen molar-refractivity contribution in [2.24, 2.45) is 23.7 Å². The summed E-state index contributed by atoms with van der Waals surface area (Å²) in [5, 5.41) is 0. The van der Waals surface area contributed by atoms with Gasteiger partial charge in [-0.25, -0.2) is 4.39 Å². The van der Waals surface area contributed by atoms with Crippen LogP contribution in [-0.4, -0.2) is 0 Å². The predicted octanol–water partition coefficient (Wildman–Crippen LogP) is 8.71. The molecule has 1 heteroatoms. The molecule has 1 aromatic carbocycles. The van der Waals surface area contributed by atoms with Gasteiger partial charge in [0.1, 0.15) is 5.82 Å². The van der Waals surface area contributed by atoms with Gasteiger partial charge in [-0.05, 0) is 86.8 Å². The van der Waals surface area contributed by atoms with E-state index in [1.165, 1.54) is 83.5 Å². The molecule has 2 fully saturated rings. The first-order chi connectivity index (χ1) is 14.7. The number of aryl methyl sites for hydroxylation is 1. The Labute approximate surface area is 185 Å². The zero-order valence-corrected chi connectivity index (χ0v) is 19.5. The fourth-order valence-corrected chi connectivity index (χ4v) is 5.75. The summed E-state index contributed by atoms with van der Waals surface area (Å²) in [5.74, 6) is 10.1. The Morgan fingerprint density at radius 3 is 2.13 bits per heavy atom. The van der Waals surface area contributed by atoms with Crippen LogP contribution in [0.2, 0.25) is 0 Å². The van der Waals surface area contributed by atoms with Crippen LogP contribution in [-0.2, 0) is 6.42 Å². The Hall–Kier alpha value is -1.29. The number of rotatable bonds is 8. The van der Waals surface area contributed by atoms with Crippen LogP contribution in [0.5, 0.6) is 0 Å². The van der Waals surface area contributed by atoms with Gasteiger partial charge in [0.15, 0.2) is 0 Å². The van der Waals surface area contributed by atoms with Crippen LogP contribution in [0.3, 0.4) is 0 Å². The van der Waals surface area contributed by atoms with Gasteiger partial charge in [0, 0.05) is 11.5 Å². The Kier molecular flexibility index (Phi) is 9.77. The molecule has 0 nitrogen and oxygen atoms in total. The molecule has 30 heavy (non-hydrogen) atoms. The first-order valence-corrected chi connectivity index (χ1v) is 13.0. The van der Waals surface area contributed by atoms with Gasteiger partial charge in [-0.2, -0.15) is 0 Å². The molecule has 3 rings (SSSR count). The smallest absolute Gasteiger partial charge is 0.127 e. The van der Waals surface area contributed by atoms with Crippen molar-refractivity contribution in [3.05, 3.63) is 35.1 Å². The molecule has 0 aliphatic heterocycles. The van der Waals surface area contributed by atoms with E-state index in [1.807, 2.05) is 12.1 Å². The van der Waals surface area contributed by atoms with E-state index in [0.717, 1.165) is 41.7 Å². The summed E-state index contributed by atoms with van der Waals surface area (Å²) in [6.07, 6.45) is 19.6. The van der Waals surface area contributed by atoms with Crippen molar-refractivity contribution < 1.29 is 4.39 Å². The monoisotopic (exact) mass is 410 g/mol. The highest BCUT2D eigenvalue weighted by molar-refractivity contribution is 5.37. The Morgan fingerprint density at radius 2 is 1.50 bits per heavy atom. The van der Waals surface area contributed by atoms with E-state index >= 15 is 0 Å². The number of halogens is 1. The third-order valence-electron chi connectivity index (χ3n) is 7.82. The van der Waals surface area contributed by atoms with Gasteiger partial charge in [0.25, 0.3) is 0 Å². The highest BCUT2D eigenvalue weighted by Gasteiger charge is 2.30. The van der Waals surface area contributed by atoms with Crippen LogP contribution < -0.4 is 0 Å². The topological polar surface area (TPSA) is 0 Å². The normalized spacial score (nSPS) is 26.8. The largest absolute Gasteiger partial charge is 0.207 e. The Bertz CT molecular complexity index is 678. The summed E-state index contributed by atoms with van der Waals surface area (Å²) in [6.45, 7) is 4.49. The molecule has 0 atom stereocenters. The molecule has 2 saturated carbocycles. The number of hydrogen-bond donors (Lipinski definition) is 0. The van der Waals surface area contributed by atoms with Crippen LogP contribution in [0.15, 0.2) is 18.2 Å². The minimum atomic E-state index is -0.0730. The predicted molar refractivity (Wildman–Crippen MR) is 127 cm³/mol.